The van der Waals surface area contributed by atoms with Gasteiger partial charge in [-0.05, 0) is 5.56 Å². The monoisotopic (exact) mass is 161 g/mol. The minimum Gasteiger partial charge on any atom is -0.378 e. The molecular weight excluding hydrogens is 150 g/mol. The molecule has 2 atom stereocenters. The summed E-state index contributed by atoms with van der Waals surface area (Å²) in [6.45, 7) is 1.84. The Morgan fingerprint density at radius 3 is 2.42 bits per heavy atom. The number of nitriles is 1. The third kappa shape index (κ3) is 1.84. The first-order valence-electron chi connectivity index (χ1n) is 3.88. The highest BCUT2D eigenvalue weighted by atomic mass is 16.3. The van der Waals surface area contributed by atoms with Crippen molar-refractivity contribution in [2.24, 2.45) is 0 Å². The van der Waals surface area contributed by atoms with Gasteiger partial charge in [-0.1, -0.05) is 37.3 Å². The SMILES string of the molecule is C[C@@H](c1ccccc1)[C@H](O)C#N. The van der Waals surface area contributed by atoms with Crippen LogP contribution in [0.2, 0.25) is 0 Å². The zero-order chi connectivity index (χ0) is 8.97. The van der Waals surface area contributed by atoms with Gasteiger partial charge in [0.25, 0.3) is 0 Å². The molecule has 1 aromatic carbocycles. The van der Waals surface area contributed by atoms with Gasteiger partial charge in [-0.3, -0.25) is 0 Å². The number of aliphatic hydroxyl groups is 1. The molecule has 0 aromatic heterocycles. The zero-order valence-corrected chi connectivity index (χ0v) is 6.94. The Morgan fingerprint density at radius 1 is 1.33 bits per heavy atom. The Labute approximate surface area is 72.1 Å². The van der Waals surface area contributed by atoms with Gasteiger partial charge in [-0.2, -0.15) is 5.26 Å². The van der Waals surface area contributed by atoms with E-state index in [1.165, 1.54) is 0 Å². The predicted octanol–water partition coefficient (Wildman–Crippen LogP) is 1.67. The fraction of sp³-hybridized carbons (Fsp3) is 0.300. The van der Waals surface area contributed by atoms with Crippen LogP contribution in [-0.4, -0.2) is 11.2 Å². The molecule has 0 aliphatic carbocycles. The molecular formula is C10H11NO. The lowest BCUT2D eigenvalue weighted by molar-refractivity contribution is 0.204. The number of benzene rings is 1. The van der Waals surface area contributed by atoms with Gasteiger partial charge in [0.15, 0.2) is 0 Å². The summed E-state index contributed by atoms with van der Waals surface area (Å²) in [7, 11) is 0. The minimum atomic E-state index is -0.910. The van der Waals surface area contributed by atoms with Crippen LogP contribution < -0.4 is 0 Å². The van der Waals surface area contributed by atoms with E-state index in [1.54, 1.807) is 0 Å². The molecule has 0 radical (unpaired) electrons. The second-order valence-corrected chi connectivity index (χ2v) is 2.77. The first-order valence-corrected chi connectivity index (χ1v) is 3.88. The third-order valence-electron chi connectivity index (χ3n) is 1.93. The molecule has 1 N–H and O–H groups in total. The number of hydrogen-bond donors (Lipinski definition) is 1. The highest BCUT2D eigenvalue weighted by Crippen LogP contribution is 2.17. The predicted molar refractivity (Wildman–Crippen MR) is 46.5 cm³/mol. The van der Waals surface area contributed by atoms with Crippen LogP contribution >= 0.6 is 0 Å². The third-order valence-corrected chi connectivity index (χ3v) is 1.93. The largest absolute Gasteiger partial charge is 0.378 e. The maximum absolute atomic E-state index is 9.22. The van der Waals surface area contributed by atoms with Crippen molar-refractivity contribution in [1.29, 1.82) is 5.26 Å². The first-order chi connectivity index (χ1) is 5.75. The topological polar surface area (TPSA) is 44.0 Å². The molecule has 0 saturated heterocycles. The number of hydrogen-bond acceptors (Lipinski definition) is 2. The lowest BCUT2D eigenvalue weighted by Crippen LogP contribution is -2.12. The van der Waals surface area contributed by atoms with E-state index in [2.05, 4.69) is 0 Å². The Hall–Kier alpha value is -1.33. The molecule has 2 heteroatoms. The number of rotatable bonds is 2. The van der Waals surface area contributed by atoms with E-state index in [0.717, 1.165) is 5.56 Å². The second kappa shape index (κ2) is 3.89. The Bertz CT molecular complexity index is 276. The van der Waals surface area contributed by atoms with Crippen molar-refractivity contribution in [2.45, 2.75) is 18.9 Å². The molecule has 0 unspecified atom stereocenters. The zero-order valence-electron chi connectivity index (χ0n) is 6.94. The van der Waals surface area contributed by atoms with Gasteiger partial charge in [0.05, 0.1) is 6.07 Å². The van der Waals surface area contributed by atoms with Crippen molar-refractivity contribution >= 4 is 0 Å². The summed E-state index contributed by atoms with van der Waals surface area (Å²) < 4.78 is 0. The van der Waals surface area contributed by atoms with Crippen molar-refractivity contribution < 1.29 is 5.11 Å². The Balaban J connectivity index is 2.80. The normalized spacial score (nSPS) is 14.8. The van der Waals surface area contributed by atoms with Crippen molar-refractivity contribution in [3.63, 3.8) is 0 Å². The summed E-state index contributed by atoms with van der Waals surface area (Å²) in [5.41, 5.74) is 0.992. The summed E-state index contributed by atoms with van der Waals surface area (Å²) >= 11 is 0. The van der Waals surface area contributed by atoms with Gasteiger partial charge in [-0.15, -0.1) is 0 Å². The van der Waals surface area contributed by atoms with Gasteiger partial charge in [0.1, 0.15) is 6.10 Å². The number of aliphatic hydroxyl groups excluding tert-OH is 1. The highest BCUT2D eigenvalue weighted by Gasteiger charge is 2.14. The summed E-state index contributed by atoms with van der Waals surface area (Å²) in [6, 6.07) is 11.3. The van der Waals surface area contributed by atoms with Crippen molar-refractivity contribution in [2.75, 3.05) is 0 Å². The molecule has 62 valence electrons. The van der Waals surface area contributed by atoms with E-state index in [1.807, 2.05) is 43.3 Å². The summed E-state index contributed by atoms with van der Waals surface area (Å²) in [5.74, 6) is -0.115. The fourth-order valence-corrected chi connectivity index (χ4v) is 1.05. The standard InChI is InChI=1S/C10H11NO/c1-8(10(12)7-11)9-5-3-2-4-6-9/h2-6,8,10,12H,1H3/t8-,10+/m0/s1. The molecule has 12 heavy (non-hydrogen) atoms. The van der Waals surface area contributed by atoms with E-state index in [0.29, 0.717) is 0 Å². The molecule has 0 spiro atoms. The van der Waals surface area contributed by atoms with Crippen LogP contribution in [0.3, 0.4) is 0 Å². The van der Waals surface area contributed by atoms with E-state index < -0.39 is 6.10 Å². The lowest BCUT2D eigenvalue weighted by atomic mass is 9.96. The van der Waals surface area contributed by atoms with Crippen molar-refractivity contribution in [3.05, 3.63) is 35.9 Å². The van der Waals surface area contributed by atoms with Crippen LogP contribution in [-0.2, 0) is 0 Å². The smallest absolute Gasteiger partial charge is 0.147 e. The van der Waals surface area contributed by atoms with E-state index >= 15 is 0 Å². The quantitative estimate of drug-likeness (QED) is 0.670. The first kappa shape index (κ1) is 8.76. The molecule has 0 saturated carbocycles. The maximum atomic E-state index is 9.22. The summed E-state index contributed by atoms with van der Waals surface area (Å²) in [4.78, 5) is 0. The fourth-order valence-electron chi connectivity index (χ4n) is 1.05. The van der Waals surface area contributed by atoms with Crippen molar-refractivity contribution in [1.82, 2.24) is 0 Å². The van der Waals surface area contributed by atoms with Crippen LogP contribution in [0.15, 0.2) is 30.3 Å². The molecule has 1 aromatic rings. The molecule has 2 nitrogen and oxygen atoms in total. The number of nitrogens with zero attached hydrogens (tertiary/aromatic N) is 1. The van der Waals surface area contributed by atoms with Gasteiger partial charge in [0, 0.05) is 5.92 Å². The second-order valence-electron chi connectivity index (χ2n) is 2.77. The van der Waals surface area contributed by atoms with Gasteiger partial charge < -0.3 is 5.11 Å². The molecule has 1 rings (SSSR count). The molecule has 0 aliphatic rings. The van der Waals surface area contributed by atoms with E-state index in [9.17, 15) is 5.11 Å². The van der Waals surface area contributed by atoms with Gasteiger partial charge in [-0.25, -0.2) is 0 Å². The molecule has 0 fully saturated rings. The van der Waals surface area contributed by atoms with E-state index in [-0.39, 0.29) is 5.92 Å². The van der Waals surface area contributed by atoms with Crippen LogP contribution in [0.25, 0.3) is 0 Å². The van der Waals surface area contributed by atoms with Gasteiger partial charge >= 0.3 is 0 Å². The minimum absolute atomic E-state index is 0.115. The van der Waals surface area contributed by atoms with E-state index in [4.69, 9.17) is 5.26 Å². The molecule has 0 amide bonds. The Kier molecular flexibility index (Phi) is 2.84. The van der Waals surface area contributed by atoms with Crippen LogP contribution in [0.5, 0.6) is 0 Å². The summed E-state index contributed by atoms with van der Waals surface area (Å²) in [5, 5.41) is 17.7. The van der Waals surface area contributed by atoms with Crippen LogP contribution in [0.4, 0.5) is 0 Å². The van der Waals surface area contributed by atoms with Crippen molar-refractivity contribution in [3.8, 4) is 6.07 Å². The molecule has 0 bridgehead atoms. The average Bonchev–Trinajstić information content (AvgIpc) is 2.17. The molecule has 0 heterocycles. The highest BCUT2D eigenvalue weighted by molar-refractivity contribution is 5.21. The van der Waals surface area contributed by atoms with Crippen LogP contribution in [0.1, 0.15) is 18.4 Å². The lowest BCUT2D eigenvalue weighted by Gasteiger charge is -2.11. The molecule has 0 aliphatic heterocycles. The Morgan fingerprint density at radius 2 is 1.92 bits per heavy atom. The van der Waals surface area contributed by atoms with Crippen LogP contribution in [0, 0.1) is 11.3 Å². The average molecular weight is 161 g/mol. The van der Waals surface area contributed by atoms with Gasteiger partial charge in [0.2, 0.25) is 0 Å². The maximum Gasteiger partial charge on any atom is 0.147 e. The summed E-state index contributed by atoms with van der Waals surface area (Å²) in [6.07, 6.45) is -0.910.